The van der Waals surface area contributed by atoms with Crippen molar-refractivity contribution in [1.82, 2.24) is 25.1 Å². The van der Waals surface area contributed by atoms with E-state index in [9.17, 15) is 22.8 Å². The molecule has 0 bridgehead atoms. The van der Waals surface area contributed by atoms with Crippen LogP contribution in [0.15, 0.2) is 12.3 Å². The van der Waals surface area contributed by atoms with Crippen LogP contribution < -0.4 is 5.32 Å². The van der Waals surface area contributed by atoms with Gasteiger partial charge in [0, 0.05) is 49.9 Å². The number of likely N-dealkylation sites (tertiary alicyclic amines) is 2. The van der Waals surface area contributed by atoms with E-state index in [-0.39, 0.29) is 22.9 Å². The number of alkyl halides is 3. The molecule has 4 heterocycles. The quantitative estimate of drug-likeness (QED) is 0.809. The number of nitrogens with one attached hydrogen (secondary N) is 1. The van der Waals surface area contributed by atoms with Crippen molar-refractivity contribution in [3.63, 3.8) is 0 Å². The van der Waals surface area contributed by atoms with E-state index < -0.39 is 12.0 Å². The molecular weight excluding hydrogens is 387 g/mol. The Kier molecular flexibility index (Phi) is 3.89. The molecule has 5 rings (SSSR count). The van der Waals surface area contributed by atoms with Crippen molar-refractivity contribution in [2.24, 2.45) is 11.3 Å². The number of carbonyl (C=O) groups excluding carboxylic acids is 2. The van der Waals surface area contributed by atoms with Gasteiger partial charge in [0.05, 0.1) is 5.54 Å². The predicted molar refractivity (Wildman–Crippen MR) is 94.5 cm³/mol. The zero-order valence-corrected chi connectivity index (χ0v) is 15.8. The minimum Gasteiger partial charge on any atom is -0.347 e. The molecule has 0 aromatic carbocycles. The first-order valence-electron chi connectivity index (χ1n) is 9.90. The van der Waals surface area contributed by atoms with Crippen LogP contribution >= 0.6 is 0 Å². The molecule has 1 N–H and O–H groups in total. The molecule has 3 aliphatic heterocycles. The highest BCUT2D eigenvalue weighted by Gasteiger charge is 2.56. The molecule has 0 atom stereocenters. The Hall–Kier alpha value is -2.39. The molecule has 3 saturated heterocycles. The lowest BCUT2D eigenvalue weighted by molar-refractivity contribution is -0.145. The number of hydrogen-bond donors (Lipinski definition) is 1. The number of carbonyl (C=O) groups is 2. The van der Waals surface area contributed by atoms with E-state index in [4.69, 9.17) is 0 Å². The number of hydrogen-bond acceptors (Lipinski definition) is 4. The molecule has 156 valence electrons. The van der Waals surface area contributed by atoms with Crippen molar-refractivity contribution in [2.75, 3.05) is 26.2 Å². The third-order valence-corrected chi connectivity index (χ3v) is 6.72. The Morgan fingerprint density at radius 2 is 1.90 bits per heavy atom. The lowest BCUT2D eigenvalue weighted by atomic mass is 9.57. The van der Waals surface area contributed by atoms with Crippen LogP contribution in [-0.2, 0) is 17.4 Å². The average Bonchev–Trinajstić information content (AvgIpc) is 2.96. The van der Waals surface area contributed by atoms with Crippen LogP contribution in [0.3, 0.4) is 0 Å². The Labute approximate surface area is 165 Å². The van der Waals surface area contributed by atoms with Crippen molar-refractivity contribution >= 4 is 11.9 Å². The van der Waals surface area contributed by atoms with Gasteiger partial charge in [0.1, 0.15) is 0 Å². The molecule has 29 heavy (non-hydrogen) atoms. The summed E-state index contributed by atoms with van der Waals surface area (Å²) in [7, 11) is 0. The van der Waals surface area contributed by atoms with E-state index in [1.165, 1.54) is 0 Å². The number of rotatable bonds is 2. The molecule has 3 amide bonds. The van der Waals surface area contributed by atoms with E-state index in [0.717, 1.165) is 25.5 Å². The molecule has 4 aliphatic rings. The van der Waals surface area contributed by atoms with E-state index in [0.29, 0.717) is 50.6 Å². The summed E-state index contributed by atoms with van der Waals surface area (Å²) in [5, 5.41) is 2.98. The zero-order valence-electron chi connectivity index (χ0n) is 15.8. The summed E-state index contributed by atoms with van der Waals surface area (Å²) in [5.41, 5.74) is 0.331. The lowest BCUT2D eigenvalue weighted by Crippen LogP contribution is -2.73. The number of urea groups is 1. The van der Waals surface area contributed by atoms with Crippen molar-refractivity contribution in [3.05, 3.63) is 23.8 Å². The molecule has 2 spiro atoms. The Morgan fingerprint density at radius 1 is 1.21 bits per heavy atom. The van der Waals surface area contributed by atoms with Crippen LogP contribution in [0.5, 0.6) is 0 Å². The van der Waals surface area contributed by atoms with Crippen LogP contribution in [-0.4, -0.2) is 63.4 Å². The summed E-state index contributed by atoms with van der Waals surface area (Å²) in [6, 6.07) is 1.56. The third-order valence-electron chi connectivity index (χ3n) is 6.72. The van der Waals surface area contributed by atoms with E-state index >= 15 is 0 Å². The standard InChI is InChI=1S/C19H22F3N5O2/c20-19(21,22)15-23-4-2-13(24-15)5-12-6-17(7-12)8-26(9-17)16(29)27-10-18(11-27)3-1-14(28)25-18/h2,4,12H,1,3,5-11H2,(H,25,28). The second-order valence-electron chi connectivity index (χ2n) is 9.17. The summed E-state index contributed by atoms with van der Waals surface area (Å²) in [4.78, 5) is 34.5. The van der Waals surface area contributed by atoms with Crippen LogP contribution in [0, 0.1) is 11.3 Å². The highest BCUT2D eigenvalue weighted by Crippen LogP contribution is 2.53. The molecule has 10 heteroatoms. The van der Waals surface area contributed by atoms with Crippen molar-refractivity contribution in [3.8, 4) is 0 Å². The van der Waals surface area contributed by atoms with E-state index in [1.807, 2.05) is 4.90 Å². The van der Waals surface area contributed by atoms with Gasteiger partial charge in [-0.25, -0.2) is 14.8 Å². The van der Waals surface area contributed by atoms with Gasteiger partial charge in [-0.3, -0.25) is 4.79 Å². The van der Waals surface area contributed by atoms with Crippen LogP contribution in [0.25, 0.3) is 0 Å². The minimum atomic E-state index is -4.53. The summed E-state index contributed by atoms with van der Waals surface area (Å²) < 4.78 is 38.2. The van der Waals surface area contributed by atoms with Gasteiger partial charge in [0.2, 0.25) is 11.7 Å². The molecule has 7 nitrogen and oxygen atoms in total. The van der Waals surface area contributed by atoms with E-state index in [2.05, 4.69) is 15.3 Å². The number of amides is 3. The van der Waals surface area contributed by atoms with Gasteiger partial charge >= 0.3 is 12.2 Å². The lowest BCUT2D eigenvalue weighted by Gasteiger charge is -2.61. The monoisotopic (exact) mass is 409 g/mol. The van der Waals surface area contributed by atoms with E-state index in [1.54, 1.807) is 11.0 Å². The van der Waals surface area contributed by atoms with Crippen LogP contribution in [0.2, 0.25) is 0 Å². The molecule has 4 fully saturated rings. The molecule has 0 unspecified atom stereocenters. The maximum atomic E-state index is 12.7. The highest BCUT2D eigenvalue weighted by molar-refractivity contribution is 5.82. The van der Waals surface area contributed by atoms with Gasteiger partial charge < -0.3 is 15.1 Å². The fourth-order valence-electron chi connectivity index (χ4n) is 5.44. The topological polar surface area (TPSA) is 78.4 Å². The second kappa shape index (κ2) is 6.06. The Bertz CT molecular complexity index is 854. The van der Waals surface area contributed by atoms with Gasteiger partial charge in [-0.2, -0.15) is 13.2 Å². The van der Waals surface area contributed by atoms with Crippen molar-refractivity contribution in [2.45, 2.75) is 43.8 Å². The minimum absolute atomic E-state index is 0.0245. The van der Waals surface area contributed by atoms with Gasteiger partial charge in [-0.1, -0.05) is 0 Å². The highest BCUT2D eigenvalue weighted by atomic mass is 19.4. The maximum Gasteiger partial charge on any atom is 0.451 e. The average molecular weight is 409 g/mol. The fourth-order valence-corrected chi connectivity index (χ4v) is 5.44. The third kappa shape index (κ3) is 3.22. The zero-order chi connectivity index (χ0) is 20.4. The van der Waals surface area contributed by atoms with Crippen LogP contribution in [0.1, 0.15) is 37.2 Å². The molecule has 1 aliphatic carbocycles. The number of nitrogens with zero attached hydrogens (tertiary/aromatic N) is 4. The fraction of sp³-hybridized carbons (Fsp3) is 0.684. The summed E-state index contributed by atoms with van der Waals surface area (Å²) in [6.45, 7) is 2.57. The van der Waals surface area contributed by atoms with Crippen molar-refractivity contribution < 1.29 is 22.8 Å². The largest absolute Gasteiger partial charge is 0.451 e. The molecule has 1 saturated carbocycles. The van der Waals surface area contributed by atoms with Crippen LogP contribution in [0.4, 0.5) is 18.0 Å². The second-order valence-corrected chi connectivity index (χ2v) is 9.17. The van der Waals surface area contributed by atoms with Gasteiger partial charge in [-0.05, 0) is 37.7 Å². The molecule has 1 aromatic rings. The van der Waals surface area contributed by atoms with Gasteiger partial charge in [0.15, 0.2) is 0 Å². The maximum absolute atomic E-state index is 12.7. The number of aromatic nitrogens is 2. The number of halogens is 3. The van der Waals surface area contributed by atoms with Gasteiger partial charge in [-0.15, -0.1) is 0 Å². The first-order valence-corrected chi connectivity index (χ1v) is 9.90. The van der Waals surface area contributed by atoms with Gasteiger partial charge in [0.25, 0.3) is 0 Å². The first-order chi connectivity index (χ1) is 13.7. The summed E-state index contributed by atoms with van der Waals surface area (Å²) >= 11 is 0. The smallest absolute Gasteiger partial charge is 0.347 e. The SMILES string of the molecule is O=C1CCC2(CN(C(=O)N3CC4(CC(Cc5ccnc(C(F)(F)F)n5)C4)C3)C2)N1. The summed E-state index contributed by atoms with van der Waals surface area (Å²) in [6.07, 6.45) is 0.283. The Morgan fingerprint density at radius 3 is 2.52 bits per heavy atom. The predicted octanol–water partition coefficient (Wildman–Crippen LogP) is 1.83. The molecule has 1 aromatic heterocycles. The first kappa shape index (κ1) is 18.6. The Balaban J connectivity index is 1.08. The normalized spacial score (nSPS) is 24.9. The summed E-state index contributed by atoms with van der Waals surface area (Å²) in [5.74, 6) is -0.731. The molecule has 0 radical (unpaired) electrons. The molecular formula is C19H22F3N5O2. The van der Waals surface area contributed by atoms with Crippen molar-refractivity contribution in [1.29, 1.82) is 0 Å².